The molecule has 0 spiro atoms. The molecule has 1 aliphatic heterocycles. The second-order valence-corrected chi connectivity index (χ2v) is 3.43. The van der Waals surface area contributed by atoms with E-state index in [4.69, 9.17) is 10.6 Å². The van der Waals surface area contributed by atoms with Crippen molar-refractivity contribution in [2.45, 2.75) is 25.8 Å². The summed E-state index contributed by atoms with van der Waals surface area (Å²) in [6, 6.07) is -0.110. The van der Waals surface area contributed by atoms with E-state index in [0.717, 1.165) is 32.5 Å². The molecule has 82 valence electrons. The molecule has 0 saturated carbocycles. The molecule has 0 bridgehead atoms. The Bertz CT molecular complexity index is 179. The number of nitrogens with two attached hydrogens (primary N) is 1. The van der Waals surface area contributed by atoms with Crippen LogP contribution in [0.1, 0.15) is 19.8 Å². The first kappa shape index (κ1) is 11.4. The molecule has 5 nitrogen and oxygen atoms in total. The summed E-state index contributed by atoms with van der Waals surface area (Å²) in [6.45, 7) is 5.20. The SMILES string of the molecule is CCC(C(=O)NN)N1CCCOCC1. The lowest BCUT2D eigenvalue weighted by atomic mass is 10.1. The van der Waals surface area contributed by atoms with E-state index in [0.29, 0.717) is 6.61 Å². The quantitative estimate of drug-likeness (QED) is 0.366. The topological polar surface area (TPSA) is 67.6 Å². The number of carbonyl (C=O) groups is 1. The van der Waals surface area contributed by atoms with Gasteiger partial charge in [-0.05, 0) is 12.8 Å². The lowest BCUT2D eigenvalue weighted by molar-refractivity contribution is -0.126. The Labute approximate surface area is 84.5 Å². The van der Waals surface area contributed by atoms with Gasteiger partial charge in [-0.2, -0.15) is 0 Å². The van der Waals surface area contributed by atoms with Crippen LogP contribution in [0.4, 0.5) is 0 Å². The minimum absolute atomic E-state index is 0.102. The van der Waals surface area contributed by atoms with E-state index >= 15 is 0 Å². The average molecular weight is 201 g/mol. The lowest BCUT2D eigenvalue weighted by Gasteiger charge is -2.27. The van der Waals surface area contributed by atoms with Crippen LogP contribution in [0.2, 0.25) is 0 Å². The van der Waals surface area contributed by atoms with Crippen molar-refractivity contribution in [1.82, 2.24) is 10.3 Å². The summed E-state index contributed by atoms with van der Waals surface area (Å²) >= 11 is 0. The van der Waals surface area contributed by atoms with E-state index < -0.39 is 0 Å². The van der Waals surface area contributed by atoms with Crippen molar-refractivity contribution < 1.29 is 9.53 Å². The minimum Gasteiger partial charge on any atom is -0.380 e. The van der Waals surface area contributed by atoms with Crippen molar-refractivity contribution in [1.29, 1.82) is 0 Å². The van der Waals surface area contributed by atoms with E-state index in [1.54, 1.807) is 0 Å². The molecule has 1 aliphatic rings. The Hall–Kier alpha value is -0.650. The minimum atomic E-state index is -0.110. The van der Waals surface area contributed by atoms with Gasteiger partial charge in [-0.1, -0.05) is 6.92 Å². The molecule has 1 rings (SSSR count). The molecule has 0 aliphatic carbocycles. The molecular formula is C9H19N3O2. The van der Waals surface area contributed by atoms with E-state index in [1.807, 2.05) is 6.92 Å². The number of ether oxygens (including phenoxy) is 1. The average Bonchev–Trinajstić information content (AvgIpc) is 2.47. The van der Waals surface area contributed by atoms with Crippen LogP contribution in [0, 0.1) is 0 Å². The van der Waals surface area contributed by atoms with Gasteiger partial charge in [0.05, 0.1) is 12.6 Å². The van der Waals surface area contributed by atoms with Crippen LogP contribution in [0.15, 0.2) is 0 Å². The summed E-state index contributed by atoms with van der Waals surface area (Å²) in [5, 5.41) is 0. The smallest absolute Gasteiger partial charge is 0.251 e. The second kappa shape index (κ2) is 5.95. The molecular weight excluding hydrogens is 182 g/mol. The van der Waals surface area contributed by atoms with Gasteiger partial charge in [0.15, 0.2) is 0 Å². The van der Waals surface area contributed by atoms with Crippen molar-refractivity contribution in [2.75, 3.05) is 26.3 Å². The molecule has 0 radical (unpaired) electrons. The van der Waals surface area contributed by atoms with E-state index in [9.17, 15) is 4.79 Å². The van der Waals surface area contributed by atoms with Crippen LogP contribution in [0.3, 0.4) is 0 Å². The molecule has 5 heteroatoms. The van der Waals surface area contributed by atoms with E-state index in [2.05, 4.69) is 10.3 Å². The summed E-state index contributed by atoms with van der Waals surface area (Å²) in [5.41, 5.74) is 2.21. The zero-order valence-electron chi connectivity index (χ0n) is 8.66. The number of amides is 1. The van der Waals surface area contributed by atoms with Crippen LogP contribution in [-0.4, -0.2) is 43.2 Å². The number of rotatable bonds is 3. The van der Waals surface area contributed by atoms with Crippen LogP contribution < -0.4 is 11.3 Å². The van der Waals surface area contributed by atoms with Gasteiger partial charge in [-0.15, -0.1) is 0 Å². The number of hydrazine groups is 1. The highest BCUT2D eigenvalue weighted by Gasteiger charge is 2.23. The Balaban J connectivity index is 2.52. The Kier molecular flexibility index (Phi) is 4.86. The van der Waals surface area contributed by atoms with Crippen molar-refractivity contribution in [3.63, 3.8) is 0 Å². The second-order valence-electron chi connectivity index (χ2n) is 3.43. The van der Waals surface area contributed by atoms with Gasteiger partial charge in [-0.25, -0.2) is 5.84 Å². The summed E-state index contributed by atoms with van der Waals surface area (Å²) in [5.74, 6) is 5.03. The fourth-order valence-corrected chi connectivity index (χ4v) is 1.78. The first-order valence-electron chi connectivity index (χ1n) is 5.11. The molecule has 0 aromatic heterocycles. The number of hydrogen-bond acceptors (Lipinski definition) is 4. The summed E-state index contributed by atoms with van der Waals surface area (Å²) in [7, 11) is 0. The van der Waals surface area contributed by atoms with Crippen LogP contribution in [-0.2, 0) is 9.53 Å². The zero-order valence-corrected chi connectivity index (χ0v) is 8.66. The highest BCUT2D eigenvalue weighted by molar-refractivity contribution is 5.81. The zero-order chi connectivity index (χ0) is 10.4. The van der Waals surface area contributed by atoms with Gasteiger partial charge in [0.1, 0.15) is 0 Å². The maximum Gasteiger partial charge on any atom is 0.251 e. The predicted molar refractivity (Wildman–Crippen MR) is 53.4 cm³/mol. The molecule has 0 aromatic carbocycles. The molecule has 14 heavy (non-hydrogen) atoms. The van der Waals surface area contributed by atoms with Crippen molar-refractivity contribution >= 4 is 5.91 Å². The van der Waals surface area contributed by atoms with Gasteiger partial charge in [0.2, 0.25) is 0 Å². The van der Waals surface area contributed by atoms with Crippen molar-refractivity contribution in [2.24, 2.45) is 5.84 Å². The largest absolute Gasteiger partial charge is 0.380 e. The standard InChI is InChI=1S/C9H19N3O2/c1-2-8(9(13)11-10)12-4-3-6-14-7-5-12/h8H,2-7,10H2,1H3,(H,11,13). The third kappa shape index (κ3) is 2.94. The molecule has 0 aromatic rings. The van der Waals surface area contributed by atoms with Crippen molar-refractivity contribution in [3.8, 4) is 0 Å². The highest BCUT2D eigenvalue weighted by atomic mass is 16.5. The molecule has 1 heterocycles. The van der Waals surface area contributed by atoms with Crippen molar-refractivity contribution in [3.05, 3.63) is 0 Å². The van der Waals surface area contributed by atoms with Gasteiger partial charge in [0.25, 0.3) is 5.91 Å². The van der Waals surface area contributed by atoms with Gasteiger partial charge >= 0.3 is 0 Å². The first-order chi connectivity index (χ1) is 6.79. The van der Waals surface area contributed by atoms with Gasteiger partial charge in [0, 0.05) is 19.7 Å². The summed E-state index contributed by atoms with van der Waals surface area (Å²) in [6.07, 6.45) is 1.76. The monoisotopic (exact) mass is 201 g/mol. The maximum atomic E-state index is 11.4. The summed E-state index contributed by atoms with van der Waals surface area (Å²) in [4.78, 5) is 13.6. The summed E-state index contributed by atoms with van der Waals surface area (Å²) < 4.78 is 5.33. The fraction of sp³-hybridized carbons (Fsp3) is 0.889. The van der Waals surface area contributed by atoms with Crippen LogP contribution >= 0.6 is 0 Å². The van der Waals surface area contributed by atoms with Gasteiger partial charge in [-0.3, -0.25) is 15.1 Å². The highest BCUT2D eigenvalue weighted by Crippen LogP contribution is 2.08. The third-order valence-corrected chi connectivity index (χ3v) is 2.53. The molecule has 1 saturated heterocycles. The third-order valence-electron chi connectivity index (χ3n) is 2.53. The van der Waals surface area contributed by atoms with Crippen LogP contribution in [0.25, 0.3) is 0 Å². The fourth-order valence-electron chi connectivity index (χ4n) is 1.78. The Morgan fingerprint density at radius 2 is 2.36 bits per heavy atom. The maximum absolute atomic E-state index is 11.4. The molecule has 1 atom stereocenters. The molecule has 1 amide bonds. The number of hydrogen-bond donors (Lipinski definition) is 2. The number of nitrogens with one attached hydrogen (secondary N) is 1. The number of nitrogens with zero attached hydrogens (tertiary/aromatic N) is 1. The number of carbonyl (C=O) groups excluding carboxylic acids is 1. The van der Waals surface area contributed by atoms with E-state index in [1.165, 1.54) is 0 Å². The van der Waals surface area contributed by atoms with Crippen LogP contribution in [0.5, 0.6) is 0 Å². The Morgan fingerprint density at radius 3 is 3.00 bits per heavy atom. The molecule has 3 N–H and O–H groups in total. The van der Waals surface area contributed by atoms with E-state index in [-0.39, 0.29) is 11.9 Å². The lowest BCUT2D eigenvalue weighted by Crippen LogP contribution is -2.49. The first-order valence-corrected chi connectivity index (χ1v) is 5.11. The molecule has 1 unspecified atom stereocenters. The molecule has 1 fully saturated rings. The normalized spacial score (nSPS) is 21.3. The van der Waals surface area contributed by atoms with Gasteiger partial charge < -0.3 is 4.74 Å². The Morgan fingerprint density at radius 1 is 1.57 bits per heavy atom. The predicted octanol–water partition coefficient (Wildman–Crippen LogP) is -0.523.